The van der Waals surface area contributed by atoms with Crippen LogP contribution in [0.3, 0.4) is 0 Å². The summed E-state index contributed by atoms with van der Waals surface area (Å²) < 4.78 is 1.19. The molecule has 0 saturated heterocycles. The Hall–Kier alpha value is 0.889. The van der Waals surface area contributed by atoms with E-state index in [1.54, 1.807) is 0 Å². The zero-order valence-electron chi connectivity index (χ0n) is 12.1. The summed E-state index contributed by atoms with van der Waals surface area (Å²) in [6.45, 7) is 6.51. The van der Waals surface area contributed by atoms with Crippen molar-refractivity contribution in [1.29, 1.82) is 0 Å². The molecule has 102 valence electrons. The van der Waals surface area contributed by atoms with Gasteiger partial charge in [0.15, 0.2) is 0 Å². The van der Waals surface area contributed by atoms with E-state index in [-0.39, 0.29) is 5.16 Å². The fourth-order valence-electron chi connectivity index (χ4n) is 1.95. The molecule has 1 rings (SSSR count). The normalized spacial score (nSPS) is 16.4. The van der Waals surface area contributed by atoms with Gasteiger partial charge in [-0.25, -0.2) is 0 Å². The summed E-state index contributed by atoms with van der Waals surface area (Å²) in [5, 5.41) is 1.11. The molecule has 0 heterocycles. The minimum absolute atomic E-state index is 0.0432. The van der Waals surface area contributed by atoms with Crippen molar-refractivity contribution in [3.05, 3.63) is 30.3 Å². The van der Waals surface area contributed by atoms with Crippen LogP contribution in [0.15, 0.2) is 30.3 Å². The molecule has 0 bridgehead atoms. The molecule has 0 aliphatic rings. The van der Waals surface area contributed by atoms with E-state index in [1.807, 2.05) is 18.2 Å². The van der Waals surface area contributed by atoms with E-state index in [0.717, 1.165) is 11.5 Å². The zero-order chi connectivity index (χ0) is 14.0. The average Bonchev–Trinajstić information content (AvgIpc) is 2.24. The van der Waals surface area contributed by atoms with Crippen LogP contribution in [0.1, 0.15) is 20.8 Å². The Morgan fingerprint density at radius 1 is 1.17 bits per heavy atom. The predicted octanol–water partition coefficient (Wildman–Crippen LogP) is 4.64. The van der Waals surface area contributed by atoms with E-state index in [9.17, 15) is 4.89 Å². The van der Waals surface area contributed by atoms with E-state index >= 15 is 0 Å². The molecule has 18 heavy (non-hydrogen) atoms. The van der Waals surface area contributed by atoms with Crippen molar-refractivity contribution in [2.75, 3.05) is 6.16 Å². The summed E-state index contributed by atoms with van der Waals surface area (Å²) in [5.74, 6) is 0. The minimum atomic E-state index is -2.08. The van der Waals surface area contributed by atoms with Crippen LogP contribution in [0, 0.1) is 0 Å². The third-order valence-corrected chi connectivity index (χ3v) is 15.5. The average molecular weight is 439 g/mol. The van der Waals surface area contributed by atoms with Crippen LogP contribution in [0.5, 0.6) is 0 Å². The van der Waals surface area contributed by atoms with Crippen LogP contribution >= 0.6 is 20.2 Å². The number of hydrogen-bond acceptors (Lipinski definition) is 1. The fraction of sp³-hybridized carbons (Fsp3) is 0.571. The summed E-state index contributed by atoms with van der Waals surface area (Å²) in [4.78, 5) is 16.0. The first-order chi connectivity index (χ1) is 8.06. The third kappa shape index (κ3) is 4.47. The Balaban J connectivity index is 3.05. The first-order valence-corrected chi connectivity index (χ1v) is 22.5. The summed E-state index contributed by atoms with van der Waals surface area (Å²) in [6.07, 6.45) is 0.953. The van der Waals surface area contributed by atoms with Crippen molar-refractivity contribution < 1.29 is 4.89 Å². The molecule has 1 aromatic rings. The Labute approximate surface area is 122 Å². The molecular formula is C14H25BrOPSn+. The number of halogens is 1. The van der Waals surface area contributed by atoms with Gasteiger partial charge in [0, 0.05) is 0 Å². The van der Waals surface area contributed by atoms with Crippen LogP contribution in [0.2, 0.25) is 14.3 Å². The molecule has 0 spiro atoms. The molecule has 0 aromatic heterocycles. The van der Waals surface area contributed by atoms with Gasteiger partial charge in [-0.2, -0.15) is 0 Å². The quantitative estimate of drug-likeness (QED) is 0.536. The van der Waals surface area contributed by atoms with Gasteiger partial charge >= 0.3 is 123 Å². The molecule has 0 aliphatic carbocycles. The van der Waals surface area contributed by atoms with Crippen LogP contribution in [0.4, 0.5) is 0 Å². The second-order valence-electron chi connectivity index (χ2n) is 6.47. The van der Waals surface area contributed by atoms with E-state index in [4.69, 9.17) is 0 Å². The number of benzene rings is 1. The third-order valence-electron chi connectivity index (χ3n) is 3.32. The molecule has 1 atom stereocenters. The molecule has 1 unspecified atom stereocenters. The van der Waals surface area contributed by atoms with Crippen molar-refractivity contribution in [3.63, 3.8) is 0 Å². The molecule has 1 aromatic carbocycles. The maximum absolute atomic E-state index is 11.3. The first kappa shape index (κ1) is 16.9. The van der Waals surface area contributed by atoms with Crippen LogP contribution < -0.4 is 5.30 Å². The van der Waals surface area contributed by atoms with Crippen molar-refractivity contribution in [2.24, 2.45) is 0 Å². The van der Waals surface area contributed by atoms with Gasteiger partial charge in [-0.3, -0.25) is 0 Å². The van der Waals surface area contributed by atoms with Gasteiger partial charge in [0.05, 0.1) is 0 Å². The summed E-state index contributed by atoms with van der Waals surface area (Å²) in [7, 11) is -2.08. The Kier molecular flexibility index (Phi) is 5.75. The van der Waals surface area contributed by atoms with Crippen molar-refractivity contribution in [2.45, 2.75) is 40.2 Å². The van der Waals surface area contributed by atoms with Gasteiger partial charge in [-0.1, -0.05) is 0 Å². The summed E-state index contributed by atoms with van der Waals surface area (Å²) >= 11 is 1.88. The molecule has 4 heteroatoms. The van der Waals surface area contributed by atoms with Gasteiger partial charge < -0.3 is 0 Å². The molecular weight excluding hydrogens is 414 g/mol. The van der Waals surface area contributed by atoms with E-state index in [2.05, 4.69) is 55.5 Å². The van der Waals surface area contributed by atoms with Crippen LogP contribution in [-0.4, -0.2) is 32.4 Å². The molecule has 0 amide bonds. The standard InChI is InChI=1S/C12H19OP.2CH3.BrH.Sn/c1-5-14(13,12(2,3)4)11-9-7-6-8-10-11;;;;/h6-10,13H,1,5H2,2-4H3;2*1H3;1H;/q+1;;;;+1/p-1. The van der Waals surface area contributed by atoms with Gasteiger partial charge in [-0.05, 0) is 0 Å². The van der Waals surface area contributed by atoms with Gasteiger partial charge in [0.25, 0.3) is 0 Å². The molecule has 0 saturated carbocycles. The fourth-order valence-corrected chi connectivity index (χ4v) is 16.1. The molecule has 1 nitrogen and oxygen atoms in total. The Morgan fingerprint density at radius 3 is 2.06 bits per heavy atom. The zero-order valence-corrected chi connectivity index (χ0v) is 17.4. The van der Waals surface area contributed by atoms with Gasteiger partial charge in [-0.15, -0.1) is 0 Å². The van der Waals surface area contributed by atoms with E-state index in [0.29, 0.717) is 0 Å². The SMILES string of the molecule is CC(C)(C)[P+](O)(C[CH2][Sn]([CH3])([CH3])[Br])c1ccccc1. The first-order valence-electron chi connectivity index (χ1n) is 6.42. The molecule has 0 fully saturated rings. The van der Waals surface area contributed by atoms with Crippen molar-refractivity contribution in [3.8, 4) is 0 Å². The van der Waals surface area contributed by atoms with Gasteiger partial charge in [0.1, 0.15) is 0 Å². The second-order valence-corrected chi connectivity index (χ2v) is 36.0. The Morgan fingerprint density at radius 2 is 1.67 bits per heavy atom. The van der Waals surface area contributed by atoms with Crippen LogP contribution in [-0.2, 0) is 0 Å². The van der Waals surface area contributed by atoms with E-state index < -0.39 is 23.6 Å². The predicted molar refractivity (Wildman–Crippen MR) is 91.1 cm³/mol. The summed E-state index contributed by atoms with van der Waals surface area (Å²) in [5.41, 5.74) is 0. The maximum atomic E-state index is 11.3. The topological polar surface area (TPSA) is 20.2 Å². The van der Waals surface area contributed by atoms with E-state index in [1.165, 1.54) is 4.44 Å². The second kappa shape index (κ2) is 6.11. The molecule has 0 radical (unpaired) electrons. The number of rotatable bonds is 4. The van der Waals surface area contributed by atoms with Gasteiger partial charge in [0.2, 0.25) is 0 Å². The molecule has 0 aliphatic heterocycles. The Bertz CT molecular complexity index is 383. The molecule has 1 N–H and O–H groups in total. The summed E-state index contributed by atoms with van der Waals surface area (Å²) in [6, 6.07) is 10.3. The number of hydrogen-bond donors (Lipinski definition) is 1. The van der Waals surface area contributed by atoms with Crippen molar-refractivity contribution >= 4 is 41.7 Å². The van der Waals surface area contributed by atoms with Crippen LogP contribution in [0.25, 0.3) is 0 Å². The monoisotopic (exact) mass is 439 g/mol. The van der Waals surface area contributed by atoms with Crippen molar-refractivity contribution in [1.82, 2.24) is 0 Å².